The van der Waals surface area contributed by atoms with Gasteiger partial charge in [-0.1, -0.05) is 37.3 Å². The molecule has 0 saturated heterocycles. The number of anilines is 1. The fraction of sp³-hybridized carbons (Fsp3) is 0.333. The van der Waals surface area contributed by atoms with Gasteiger partial charge in [0.1, 0.15) is 5.82 Å². The van der Waals surface area contributed by atoms with Crippen LogP contribution in [0.15, 0.2) is 60.8 Å². The van der Waals surface area contributed by atoms with Gasteiger partial charge < -0.3 is 15.5 Å². The second-order valence-corrected chi connectivity index (χ2v) is 7.36. The summed E-state index contributed by atoms with van der Waals surface area (Å²) in [5, 5.41) is 6.59. The third kappa shape index (κ3) is 6.90. The van der Waals surface area contributed by atoms with Crippen LogP contribution in [-0.2, 0) is 13.0 Å². The Kier molecular flexibility index (Phi) is 8.30. The van der Waals surface area contributed by atoms with E-state index in [4.69, 9.17) is 0 Å². The third-order valence-electron chi connectivity index (χ3n) is 4.84. The van der Waals surface area contributed by atoms with Crippen LogP contribution in [0.25, 0.3) is 11.3 Å². The van der Waals surface area contributed by atoms with Gasteiger partial charge in [-0.15, -0.1) is 0 Å². The van der Waals surface area contributed by atoms with E-state index in [9.17, 15) is 4.39 Å². The highest BCUT2D eigenvalue weighted by Gasteiger charge is 2.06. The Labute approximate surface area is 178 Å². The van der Waals surface area contributed by atoms with E-state index in [1.54, 1.807) is 18.3 Å². The van der Waals surface area contributed by atoms with Crippen LogP contribution < -0.4 is 10.6 Å². The molecule has 158 valence electrons. The van der Waals surface area contributed by atoms with E-state index in [0.717, 1.165) is 43.0 Å². The first-order valence-corrected chi connectivity index (χ1v) is 10.4. The molecule has 0 radical (unpaired) electrons. The maximum absolute atomic E-state index is 13.3. The molecule has 0 saturated carbocycles. The highest BCUT2D eigenvalue weighted by molar-refractivity contribution is 5.60. The summed E-state index contributed by atoms with van der Waals surface area (Å²) in [5.41, 5.74) is 4.16. The normalized spacial score (nSPS) is 11.1. The molecule has 5 nitrogen and oxygen atoms in total. The minimum atomic E-state index is -0.210. The molecule has 0 aliphatic rings. The smallest absolute Gasteiger partial charge is 0.223 e. The zero-order chi connectivity index (χ0) is 21.2. The van der Waals surface area contributed by atoms with Crippen LogP contribution in [0.2, 0.25) is 0 Å². The lowest BCUT2D eigenvalue weighted by molar-refractivity contribution is 0.325. The molecule has 0 aliphatic carbocycles. The molecular weight excluding hydrogens is 377 g/mol. The summed E-state index contributed by atoms with van der Waals surface area (Å²) in [6, 6.07) is 17.1. The fourth-order valence-corrected chi connectivity index (χ4v) is 3.28. The van der Waals surface area contributed by atoms with E-state index in [1.807, 2.05) is 12.1 Å². The van der Waals surface area contributed by atoms with Gasteiger partial charge in [0.05, 0.1) is 5.69 Å². The predicted molar refractivity (Wildman–Crippen MR) is 121 cm³/mol. The quantitative estimate of drug-likeness (QED) is 0.471. The van der Waals surface area contributed by atoms with Gasteiger partial charge in [-0.25, -0.2) is 14.4 Å². The first kappa shape index (κ1) is 21.9. The topological polar surface area (TPSA) is 53.1 Å². The summed E-state index contributed by atoms with van der Waals surface area (Å²) in [5.74, 6) is 0.370. The zero-order valence-electron chi connectivity index (χ0n) is 17.7. The molecule has 0 atom stereocenters. The van der Waals surface area contributed by atoms with Gasteiger partial charge in [0, 0.05) is 37.9 Å². The largest absolute Gasteiger partial charge is 0.354 e. The Hall–Kier alpha value is -2.83. The van der Waals surface area contributed by atoms with Gasteiger partial charge in [-0.05, 0) is 55.4 Å². The van der Waals surface area contributed by atoms with Gasteiger partial charge >= 0.3 is 0 Å². The number of nitrogens with one attached hydrogen (secondary N) is 2. The van der Waals surface area contributed by atoms with Gasteiger partial charge in [0.2, 0.25) is 5.95 Å². The Morgan fingerprint density at radius 3 is 2.67 bits per heavy atom. The monoisotopic (exact) mass is 407 g/mol. The molecule has 0 unspecified atom stereocenters. The molecule has 0 aliphatic heterocycles. The third-order valence-corrected chi connectivity index (χ3v) is 4.84. The lowest BCUT2D eigenvalue weighted by Crippen LogP contribution is -2.28. The Bertz CT molecular complexity index is 931. The Morgan fingerprint density at radius 1 is 1.00 bits per heavy atom. The van der Waals surface area contributed by atoms with Crippen LogP contribution in [0.1, 0.15) is 18.1 Å². The first-order valence-electron chi connectivity index (χ1n) is 10.4. The van der Waals surface area contributed by atoms with Crippen molar-refractivity contribution in [1.82, 2.24) is 20.2 Å². The minimum Gasteiger partial charge on any atom is -0.354 e. The van der Waals surface area contributed by atoms with E-state index in [-0.39, 0.29) is 5.82 Å². The number of rotatable bonds is 11. The van der Waals surface area contributed by atoms with Crippen molar-refractivity contribution in [1.29, 1.82) is 0 Å². The van der Waals surface area contributed by atoms with Crippen molar-refractivity contribution in [2.75, 3.05) is 38.5 Å². The predicted octanol–water partition coefficient (Wildman–Crippen LogP) is 3.98. The Balaban J connectivity index is 1.59. The van der Waals surface area contributed by atoms with Gasteiger partial charge in [0.15, 0.2) is 0 Å². The number of benzene rings is 2. The van der Waals surface area contributed by atoms with Crippen LogP contribution in [0, 0.1) is 5.82 Å². The van der Waals surface area contributed by atoms with Crippen molar-refractivity contribution in [2.45, 2.75) is 19.9 Å². The SMILES string of the molecule is CCNCCN(C)Cc1cccc(-c2ccnc(NCCc3cccc(F)c3)n2)c1. The second kappa shape index (κ2) is 11.4. The summed E-state index contributed by atoms with van der Waals surface area (Å²) >= 11 is 0. The maximum atomic E-state index is 13.3. The minimum absolute atomic E-state index is 0.210. The summed E-state index contributed by atoms with van der Waals surface area (Å²) in [6.45, 7) is 6.65. The Morgan fingerprint density at radius 2 is 1.83 bits per heavy atom. The van der Waals surface area contributed by atoms with Crippen LogP contribution in [-0.4, -0.2) is 48.1 Å². The van der Waals surface area contributed by atoms with E-state index >= 15 is 0 Å². The average Bonchev–Trinajstić information content (AvgIpc) is 2.74. The summed E-state index contributed by atoms with van der Waals surface area (Å²) in [7, 11) is 2.13. The fourth-order valence-electron chi connectivity index (χ4n) is 3.28. The summed E-state index contributed by atoms with van der Waals surface area (Å²) < 4.78 is 13.3. The van der Waals surface area contributed by atoms with Crippen LogP contribution in [0.3, 0.4) is 0 Å². The lowest BCUT2D eigenvalue weighted by atomic mass is 10.1. The molecule has 3 aromatic rings. The highest BCUT2D eigenvalue weighted by atomic mass is 19.1. The van der Waals surface area contributed by atoms with Gasteiger partial charge in [-0.2, -0.15) is 0 Å². The number of hydrogen-bond acceptors (Lipinski definition) is 5. The van der Waals surface area contributed by atoms with Crippen LogP contribution in [0.5, 0.6) is 0 Å². The van der Waals surface area contributed by atoms with Crippen molar-refractivity contribution >= 4 is 5.95 Å². The average molecular weight is 408 g/mol. The van der Waals surface area contributed by atoms with E-state index in [0.29, 0.717) is 18.9 Å². The maximum Gasteiger partial charge on any atom is 0.223 e. The first-order chi connectivity index (χ1) is 14.6. The molecule has 0 amide bonds. The standard InChI is InChI=1S/C24H30FN5/c1-3-26-14-15-30(2)18-20-7-4-8-21(16-20)23-11-13-28-24(29-23)27-12-10-19-6-5-9-22(25)17-19/h4-9,11,13,16-17,26H,3,10,12,14-15,18H2,1-2H3,(H,27,28,29). The molecule has 0 bridgehead atoms. The highest BCUT2D eigenvalue weighted by Crippen LogP contribution is 2.20. The summed E-state index contributed by atoms with van der Waals surface area (Å²) in [6.07, 6.45) is 2.47. The van der Waals surface area contributed by atoms with Crippen molar-refractivity contribution in [3.63, 3.8) is 0 Å². The van der Waals surface area contributed by atoms with Crippen LogP contribution >= 0.6 is 0 Å². The van der Waals surface area contributed by atoms with E-state index in [1.165, 1.54) is 11.6 Å². The molecule has 30 heavy (non-hydrogen) atoms. The molecule has 6 heteroatoms. The molecule has 1 aromatic heterocycles. The van der Waals surface area contributed by atoms with Gasteiger partial charge in [0.25, 0.3) is 0 Å². The van der Waals surface area contributed by atoms with Crippen molar-refractivity contribution in [3.05, 3.63) is 77.7 Å². The summed E-state index contributed by atoms with van der Waals surface area (Å²) in [4.78, 5) is 11.3. The molecule has 1 heterocycles. The van der Waals surface area contributed by atoms with E-state index in [2.05, 4.69) is 63.7 Å². The van der Waals surface area contributed by atoms with Crippen molar-refractivity contribution < 1.29 is 4.39 Å². The zero-order valence-corrected chi connectivity index (χ0v) is 17.7. The van der Waals surface area contributed by atoms with Crippen LogP contribution in [0.4, 0.5) is 10.3 Å². The van der Waals surface area contributed by atoms with Crippen molar-refractivity contribution in [3.8, 4) is 11.3 Å². The molecule has 2 N–H and O–H groups in total. The van der Waals surface area contributed by atoms with E-state index < -0.39 is 0 Å². The number of halogens is 1. The molecule has 3 rings (SSSR count). The number of aromatic nitrogens is 2. The molecular formula is C24H30FN5. The molecule has 0 spiro atoms. The lowest BCUT2D eigenvalue weighted by Gasteiger charge is -2.17. The van der Waals surface area contributed by atoms with Crippen molar-refractivity contribution in [2.24, 2.45) is 0 Å². The molecule has 0 fully saturated rings. The molecule has 2 aromatic carbocycles. The number of likely N-dealkylation sites (N-methyl/N-ethyl adjacent to an activating group) is 2. The second-order valence-electron chi connectivity index (χ2n) is 7.36. The number of hydrogen-bond donors (Lipinski definition) is 2. The number of nitrogens with zero attached hydrogens (tertiary/aromatic N) is 3. The van der Waals surface area contributed by atoms with Gasteiger partial charge in [-0.3, -0.25) is 0 Å².